The Bertz CT molecular complexity index is 914. The highest BCUT2D eigenvalue weighted by molar-refractivity contribution is 5.60. The van der Waals surface area contributed by atoms with Crippen molar-refractivity contribution in [1.82, 2.24) is 24.9 Å². The second-order valence-corrected chi connectivity index (χ2v) is 6.61. The summed E-state index contributed by atoms with van der Waals surface area (Å²) in [4.78, 5) is 22.7. The first-order chi connectivity index (χ1) is 13.7. The zero-order valence-corrected chi connectivity index (χ0v) is 15.6. The van der Waals surface area contributed by atoms with Crippen molar-refractivity contribution in [2.24, 2.45) is 0 Å². The Kier molecular flexibility index (Phi) is 5.36. The van der Waals surface area contributed by atoms with Gasteiger partial charge in [-0.3, -0.25) is 4.98 Å². The number of aromatic nitrogens is 5. The fourth-order valence-electron chi connectivity index (χ4n) is 3.27. The zero-order chi connectivity index (χ0) is 19.3. The van der Waals surface area contributed by atoms with E-state index in [9.17, 15) is 4.39 Å². The van der Waals surface area contributed by atoms with E-state index in [-0.39, 0.29) is 11.9 Å². The molecule has 0 aliphatic carbocycles. The van der Waals surface area contributed by atoms with E-state index in [1.54, 1.807) is 24.8 Å². The molecule has 0 amide bonds. The lowest BCUT2D eigenvalue weighted by Crippen LogP contribution is -2.39. The number of rotatable bonds is 5. The van der Waals surface area contributed by atoms with Crippen molar-refractivity contribution in [3.05, 3.63) is 54.8 Å². The number of anilines is 1. The number of nitrogens with zero attached hydrogens (tertiary/aromatic N) is 6. The Morgan fingerprint density at radius 3 is 2.43 bits per heavy atom. The summed E-state index contributed by atoms with van der Waals surface area (Å²) in [5.41, 5.74) is 2.37. The highest BCUT2D eigenvalue weighted by atomic mass is 19.1. The van der Waals surface area contributed by atoms with E-state index in [1.807, 2.05) is 24.0 Å². The van der Waals surface area contributed by atoms with Crippen molar-refractivity contribution >= 4 is 5.82 Å². The predicted octanol–water partition coefficient (Wildman–Crippen LogP) is 3.08. The van der Waals surface area contributed by atoms with Gasteiger partial charge in [0.1, 0.15) is 12.4 Å². The van der Waals surface area contributed by atoms with Crippen LogP contribution in [0.3, 0.4) is 0 Å². The molecule has 0 unspecified atom stereocenters. The molecule has 4 rings (SSSR count). The zero-order valence-electron chi connectivity index (χ0n) is 15.6. The van der Waals surface area contributed by atoms with Crippen LogP contribution in [-0.4, -0.2) is 44.1 Å². The Morgan fingerprint density at radius 1 is 1.04 bits per heavy atom. The van der Waals surface area contributed by atoms with Gasteiger partial charge in [-0.1, -0.05) is 6.92 Å². The van der Waals surface area contributed by atoms with Gasteiger partial charge in [0.2, 0.25) is 0 Å². The number of hydrogen-bond acceptors (Lipinski definition) is 7. The van der Waals surface area contributed by atoms with Crippen LogP contribution in [0.4, 0.5) is 10.2 Å². The lowest BCUT2D eigenvalue weighted by Gasteiger charge is -2.32. The van der Waals surface area contributed by atoms with Crippen molar-refractivity contribution in [1.29, 1.82) is 0 Å². The topological polar surface area (TPSA) is 76.9 Å². The van der Waals surface area contributed by atoms with Gasteiger partial charge in [0.25, 0.3) is 0 Å². The minimum Gasteiger partial charge on any atom is -0.460 e. The van der Waals surface area contributed by atoms with Crippen molar-refractivity contribution in [2.75, 3.05) is 18.0 Å². The largest absolute Gasteiger partial charge is 0.460 e. The molecule has 0 aromatic carbocycles. The summed E-state index contributed by atoms with van der Waals surface area (Å²) in [5, 5.41) is 0. The summed E-state index contributed by atoms with van der Waals surface area (Å²) < 4.78 is 20.4. The third-order valence-electron chi connectivity index (χ3n) is 4.83. The van der Waals surface area contributed by atoms with Crippen LogP contribution in [0.2, 0.25) is 0 Å². The third-order valence-corrected chi connectivity index (χ3v) is 4.83. The standard InChI is InChI=1S/C20H21FN6O/c1-2-17-18(21)19(26-13-25-17)27-9-5-16(6-10-27)28-20-23-11-15(12-24-20)14-3-7-22-8-4-14/h3-4,7-8,11-13,16H,2,5-6,9-10H2,1H3. The summed E-state index contributed by atoms with van der Waals surface area (Å²) in [5.74, 6) is 0.0580. The maximum absolute atomic E-state index is 14.5. The van der Waals surface area contributed by atoms with Crippen LogP contribution in [0.5, 0.6) is 6.01 Å². The fraction of sp³-hybridized carbons (Fsp3) is 0.350. The van der Waals surface area contributed by atoms with Gasteiger partial charge in [0.05, 0.1) is 5.69 Å². The van der Waals surface area contributed by atoms with Crippen LogP contribution in [0.1, 0.15) is 25.5 Å². The maximum atomic E-state index is 14.5. The molecule has 0 spiro atoms. The molecular formula is C20H21FN6O. The van der Waals surface area contributed by atoms with Gasteiger partial charge in [-0.15, -0.1) is 0 Å². The molecule has 4 heterocycles. The van der Waals surface area contributed by atoms with E-state index in [1.165, 1.54) is 6.33 Å². The van der Waals surface area contributed by atoms with Gasteiger partial charge < -0.3 is 9.64 Å². The van der Waals surface area contributed by atoms with Crippen LogP contribution < -0.4 is 9.64 Å². The van der Waals surface area contributed by atoms with Crippen molar-refractivity contribution in [3.8, 4) is 17.1 Å². The van der Waals surface area contributed by atoms with Crippen molar-refractivity contribution in [2.45, 2.75) is 32.3 Å². The molecule has 3 aromatic heterocycles. The molecule has 28 heavy (non-hydrogen) atoms. The van der Waals surface area contributed by atoms with Crippen LogP contribution >= 0.6 is 0 Å². The van der Waals surface area contributed by atoms with Gasteiger partial charge >= 0.3 is 6.01 Å². The van der Waals surface area contributed by atoms with Gasteiger partial charge in [-0.25, -0.2) is 24.3 Å². The van der Waals surface area contributed by atoms with Gasteiger partial charge in [0, 0.05) is 56.3 Å². The number of halogens is 1. The van der Waals surface area contributed by atoms with E-state index in [4.69, 9.17) is 4.74 Å². The molecule has 3 aromatic rings. The Hall–Kier alpha value is -3.16. The van der Waals surface area contributed by atoms with Crippen LogP contribution in [0, 0.1) is 5.82 Å². The molecule has 0 bridgehead atoms. The number of pyridine rings is 1. The maximum Gasteiger partial charge on any atom is 0.316 e. The number of ether oxygens (including phenoxy) is 1. The minimum atomic E-state index is -0.320. The quantitative estimate of drug-likeness (QED) is 0.673. The molecule has 0 radical (unpaired) electrons. The summed E-state index contributed by atoms with van der Waals surface area (Å²) in [7, 11) is 0. The second kappa shape index (κ2) is 8.24. The van der Waals surface area contributed by atoms with E-state index in [0.717, 1.165) is 24.0 Å². The normalized spacial score (nSPS) is 14.9. The number of hydrogen-bond donors (Lipinski definition) is 0. The summed E-state index contributed by atoms with van der Waals surface area (Å²) in [6.45, 7) is 3.21. The lowest BCUT2D eigenvalue weighted by molar-refractivity contribution is 0.156. The average Bonchev–Trinajstić information content (AvgIpc) is 2.76. The summed E-state index contributed by atoms with van der Waals surface area (Å²) >= 11 is 0. The van der Waals surface area contributed by atoms with Crippen LogP contribution in [0.25, 0.3) is 11.1 Å². The average molecular weight is 380 g/mol. The second-order valence-electron chi connectivity index (χ2n) is 6.61. The molecule has 7 nitrogen and oxygen atoms in total. The van der Waals surface area contributed by atoms with E-state index < -0.39 is 0 Å². The third kappa shape index (κ3) is 3.90. The molecule has 8 heteroatoms. The van der Waals surface area contributed by atoms with Crippen LogP contribution in [-0.2, 0) is 6.42 Å². The minimum absolute atomic E-state index is 0.00132. The molecule has 1 aliphatic rings. The highest BCUT2D eigenvalue weighted by Gasteiger charge is 2.25. The molecule has 1 saturated heterocycles. The van der Waals surface area contributed by atoms with Crippen molar-refractivity contribution < 1.29 is 9.13 Å². The monoisotopic (exact) mass is 380 g/mol. The number of piperidine rings is 1. The Labute approximate surface area is 162 Å². The number of aryl methyl sites for hydroxylation is 1. The fourth-order valence-corrected chi connectivity index (χ4v) is 3.27. The molecule has 0 saturated carbocycles. The van der Waals surface area contributed by atoms with Gasteiger partial charge in [-0.2, -0.15) is 0 Å². The molecular weight excluding hydrogens is 359 g/mol. The first-order valence-corrected chi connectivity index (χ1v) is 9.38. The molecule has 0 N–H and O–H groups in total. The van der Waals surface area contributed by atoms with E-state index in [2.05, 4.69) is 24.9 Å². The molecule has 1 aliphatic heterocycles. The van der Waals surface area contributed by atoms with E-state index in [0.29, 0.717) is 37.0 Å². The Morgan fingerprint density at radius 2 is 1.75 bits per heavy atom. The molecule has 144 valence electrons. The first-order valence-electron chi connectivity index (χ1n) is 9.38. The SMILES string of the molecule is CCc1ncnc(N2CCC(Oc3ncc(-c4ccncc4)cn3)CC2)c1F. The van der Waals surface area contributed by atoms with Gasteiger partial charge in [0.15, 0.2) is 11.6 Å². The Balaban J connectivity index is 1.36. The van der Waals surface area contributed by atoms with Crippen LogP contribution in [0.15, 0.2) is 43.2 Å². The van der Waals surface area contributed by atoms with Crippen molar-refractivity contribution in [3.63, 3.8) is 0 Å². The predicted molar refractivity (Wildman–Crippen MR) is 102 cm³/mol. The van der Waals surface area contributed by atoms with E-state index >= 15 is 0 Å². The highest BCUT2D eigenvalue weighted by Crippen LogP contribution is 2.24. The summed E-state index contributed by atoms with van der Waals surface area (Å²) in [6.07, 6.45) is 10.4. The smallest absolute Gasteiger partial charge is 0.316 e. The molecule has 0 atom stereocenters. The van der Waals surface area contributed by atoms with Gasteiger partial charge in [-0.05, 0) is 24.1 Å². The lowest BCUT2D eigenvalue weighted by atomic mass is 10.1. The molecule has 1 fully saturated rings. The summed E-state index contributed by atoms with van der Waals surface area (Å²) in [6, 6.07) is 4.17. The first kappa shape index (κ1) is 18.2.